The van der Waals surface area contributed by atoms with Crippen LogP contribution in [0.3, 0.4) is 0 Å². The van der Waals surface area contributed by atoms with Crippen molar-refractivity contribution in [2.24, 2.45) is 0 Å². The highest BCUT2D eigenvalue weighted by Crippen LogP contribution is 2.24. The number of aliphatic hydroxyl groups is 7. The minimum absolute atomic E-state index is 0.255. The molecule has 9 unspecified atom stereocenters. The average Bonchev–Trinajstić information content (AvgIpc) is 3.46. The number of carbonyl (C=O) groups is 1. The summed E-state index contributed by atoms with van der Waals surface area (Å²) < 4.78 is 11.2. The van der Waals surface area contributed by atoms with Crippen LogP contribution in [0.4, 0.5) is 0 Å². The molecule has 1 aliphatic heterocycles. The molecule has 0 aromatic heterocycles. The van der Waals surface area contributed by atoms with Gasteiger partial charge in [-0.2, -0.15) is 0 Å². The molecule has 1 rings (SSSR count). The normalized spacial score (nSPS) is 19.5. The molecule has 1 fully saturated rings. The zero-order chi connectivity index (χ0) is 56.8. The Kier molecular flexibility index (Phi) is 53.6. The number of hydrogen-bond acceptors (Lipinski definition) is 10. The van der Waals surface area contributed by atoms with Crippen molar-refractivity contribution in [3.05, 3.63) is 24.3 Å². The largest absolute Gasteiger partial charge is 0.394 e. The van der Waals surface area contributed by atoms with E-state index in [1.165, 1.54) is 250 Å². The third-order valence-electron chi connectivity index (χ3n) is 16.5. The first-order valence-electron chi connectivity index (χ1n) is 33.7. The van der Waals surface area contributed by atoms with Crippen molar-refractivity contribution in [2.75, 3.05) is 13.2 Å². The van der Waals surface area contributed by atoms with Crippen LogP contribution in [0.1, 0.15) is 328 Å². The van der Waals surface area contributed by atoms with Crippen LogP contribution in [0.25, 0.3) is 0 Å². The molecule has 9 atom stereocenters. The summed E-state index contributed by atoms with van der Waals surface area (Å²) in [7, 11) is 0. The van der Waals surface area contributed by atoms with Crippen molar-refractivity contribution in [3.8, 4) is 0 Å². The number of unbranched alkanes of at least 4 members (excludes halogenated alkanes) is 43. The summed E-state index contributed by atoms with van der Waals surface area (Å²) in [5, 5.41) is 76.4. The zero-order valence-corrected chi connectivity index (χ0v) is 50.9. The Morgan fingerprint density at radius 3 is 1.10 bits per heavy atom. The average molecular weight is 1110 g/mol. The second kappa shape index (κ2) is 56.1. The van der Waals surface area contributed by atoms with Crippen LogP contribution in [0.15, 0.2) is 24.3 Å². The molecule has 1 saturated heterocycles. The van der Waals surface area contributed by atoms with Gasteiger partial charge in [-0.25, -0.2) is 0 Å². The van der Waals surface area contributed by atoms with Crippen molar-refractivity contribution < 1.29 is 50.0 Å². The van der Waals surface area contributed by atoms with Gasteiger partial charge in [0, 0.05) is 0 Å². The maximum Gasteiger partial charge on any atom is 0.249 e. The maximum absolute atomic E-state index is 13.2. The van der Waals surface area contributed by atoms with E-state index in [4.69, 9.17) is 9.47 Å². The number of nitrogens with one attached hydrogen (secondary N) is 1. The first kappa shape index (κ1) is 74.6. The topological polar surface area (TPSA) is 189 Å². The molecule has 0 bridgehead atoms. The number of amides is 1. The first-order valence-corrected chi connectivity index (χ1v) is 33.7. The Labute approximate surface area is 480 Å². The zero-order valence-electron chi connectivity index (χ0n) is 50.9. The molecule has 1 heterocycles. The molecule has 0 aliphatic carbocycles. The van der Waals surface area contributed by atoms with Crippen molar-refractivity contribution >= 4 is 5.91 Å². The molecular weight excluding hydrogens is 979 g/mol. The van der Waals surface area contributed by atoms with Gasteiger partial charge in [0.05, 0.1) is 25.4 Å². The number of allylic oxidation sites excluding steroid dienone is 4. The highest BCUT2D eigenvalue weighted by molar-refractivity contribution is 5.80. The Hall–Kier alpha value is -1.41. The van der Waals surface area contributed by atoms with Gasteiger partial charge in [-0.3, -0.25) is 4.79 Å². The van der Waals surface area contributed by atoms with Gasteiger partial charge < -0.3 is 50.5 Å². The molecule has 462 valence electrons. The Morgan fingerprint density at radius 1 is 0.436 bits per heavy atom. The lowest BCUT2D eigenvalue weighted by atomic mass is 9.98. The van der Waals surface area contributed by atoms with Gasteiger partial charge in [0.1, 0.15) is 36.6 Å². The second-order valence-corrected chi connectivity index (χ2v) is 23.9. The van der Waals surface area contributed by atoms with Crippen LogP contribution in [-0.2, 0) is 14.3 Å². The summed E-state index contributed by atoms with van der Waals surface area (Å²) in [5.41, 5.74) is 0. The van der Waals surface area contributed by atoms with Crippen LogP contribution in [-0.4, -0.2) is 110 Å². The van der Waals surface area contributed by atoms with E-state index in [1.54, 1.807) is 0 Å². The third-order valence-corrected chi connectivity index (χ3v) is 16.5. The SMILES string of the molecule is CCCCCCCCCCCCCC/C=C\CCCCCCCCCCCCCC(O)C(=O)NC(COC1OC(CO)C(O)C(O)C1O)C(O)C(O)CCC/C=C/CCCCCCCCCCCCCCCCCCCCC. The van der Waals surface area contributed by atoms with Crippen LogP contribution < -0.4 is 5.32 Å². The molecule has 1 amide bonds. The number of rotatable bonds is 59. The predicted molar refractivity (Wildman–Crippen MR) is 326 cm³/mol. The van der Waals surface area contributed by atoms with Gasteiger partial charge in [0.25, 0.3) is 0 Å². The van der Waals surface area contributed by atoms with E-state index < -0.39 is 74.2 Å². The van der Waals surface area contributed by atoms with Crippen LogP contribution in [0.5, 0.6) is 0 Å². The smallest absolute Gasteiger partial charge is 0.249 e. The van der Waals surface area contributed by atoms with E-state index in [2.05, 4.69) is 43.5 Å². The second-order valence-electron chi connectivity index (χ2n) is 23.9. The van der Waals surface area contributed by atoms with Gasteiger partial charge in [-0.15, -0.1) is 0 Å². The molecule has 0 spiro atoms. The Morgan fingerprint density at radius 2 is 0.756 bits per heavy atom. The number of carbonyl (C=O) groups excluding carboxylic acids is 1. The predicted octanol–water partition coefficient (Wildman–Crippen LogP) is 15.6. The molecule has 0 aromatic carbocycles. The summed E-state index contributed by atoms with van der Waals surface area (Å²) in [6.07, 6.45) is 58.2. The van der Waals surface area contributed by atoms with E-state index in [-0.39, 0.29) is 12.8 Å². The minimum Gasteiger partial charge on any atom is -0.394 e. The lowest BCUT2D eigenvalue weighted by Crippen LogP contribution is -2.60. The van der Waals surface area contributed by atoms with Gasteiger partial charge in [-0.1, -0.05) is 289 Å². The number of aliphatic hydroxyl groups excluding tert-OH is 7. The third kappa shape index (κ3) is 43.3. The van der Waals surface area contributed by atoms with Crippen molar-refractivity contribution in [1.82, 2.24) is 5.32 Å². The van der Waals surface area contributed by atoms with E-state index in [0.29, 0.717) is 12.8 Å². The highest BCUT2D eigenvalue weighted by atomic mass is 16.7. The molecule has 78 heavy (non-hydrogen) atoms. The lowest BCUT2D eigenvalue weighted by Gasteiger charge is -2.40. The van der Waals surface area contributed by atoms with Gasteiger partial charge in [-0.05, 0) is 64.2 Å². The fourth-order valence-electron chi connectivity index (χ4n) is 11.0. The standard InChI is InChI=1S/C67H129NO10/c1-3-5-7-9-11-13-15-17-19-21-23-25-27-29-30-31-33-35-37-39-41-43-45-47-49-51-53-55-60(71)66(76)68-58(57-77-67-65(75)64(74)63(73)61(56-69)78-67)62(72)59(70)54-52-50-48-46-44-42-40-38-36-34-32-28-26-24-22-20-18-16-14-12-10-8-6-4-2/h29-30,46,48,58-65,67,69-75H,3-28,31-45,47,49-57H2,1-2H3,(H,68,76)/b30-29-,48-46+. The van der Waals surface area contributed by atoms with Crippen LogP contribution in [0, 0.1) is 0 Å². The summed E-state index contributed by atoms with van der Waals surface area (Å²) in [5.74, 6) is -0.702. The number of hydrogen-bond donors (Lipinski definition) is 8. The molecule has 0 saturated carbocycles. The van der Waals surface area contributed by atoms with Crippen molar-refractivity contribution in [2.45, 2.75) is 384 Å². The van der Waals surface area contributed by atoms with Gasteiger partial charge in [0.15, 0.2) is 6.29 Å². The lowest BCUT2D eigenvalue weighted by molar-refractivity contribution is -0.303. The summed E-state index contributed by atoms with van der Waals surface area (Å²) in [6.45, 7) is 3.50. The monoisotopic (exact) mass is 1110 g/mol. The summed E-state index contributed by atoms with van der Waals surface area (Å²) in [4.78, 5) is 13.2. The highest BCUT2D eigenvalue weighted by Gasteiger charge is 2.44. The van der Waals surface area contributed by atoms with E-state index >= 15 is 0 Å². The number of ether oxygens (including phenoxy) is 2. The molecule has 8 N–H and O–H groups in total. The van der Waals surface area contributed by atoms with E-state index in [9.17, 15) is 40.5 Å². The van der Waals surface area contributed by atoms with E-state index in [0.717, 1.165) is 38.5 Å². The van der Waals surface area contributed by atoms with Gasteiger partial charge >= 0.3 is 0 Å². The van der Waals surface area contributed by atoms with Gasteiger partial charge in [0.2, 0.25) is 5.91 Å². The first-order chi connectivity index (χ1) is 38.2. The Balaban J connectivity index is 2.24. The van der Waals surface area contributed by atoms with Crippen molar-refractivity contribution in [1.29, 1.82) is 0 Å². The minimum atomic E-state index is -1.67. The molecule has 0 radical (unpaired) electrons. The molecule has 1 aliphatic rings. The van der Waals surface area contributed by atoms with Crippen LogP contribution >= 0.6 is 0 Å². The van der Waals surface area contributed by atoms with E-state index in [1.807, 2.05) is 0 Å². The summed E-state index contributed by atoms with van der Waals surface area (Å²) >= 11 is 0. The van der Waals surface area contributed by atoms with Crippen LogP contribution in [0.2, 0.25) is 0 Å². The molecule has 0 aromatic rings. The molecule has 11 heteroatoms. The quantitative estimate of drug-likeness (QED) is 0.0215. The molecular formula is C67H129NO10. The molecule has 11 nitrogen and oxygen atoms in total. The Bertz CT molecular complexity index is 1320. The maximum atomic E-state index is 13.2. The van der Waals surface area contributed by atoms with Crippen molar-refractivity contribution in [3.63, 3.8) is 0 Å². The summed E-state index contributed by atoms with van der Waals surface area (Å²) in [6, 6.07) is -1.19. The fraction of sp³-hybridized carbons (Fsp3) is 0.925. The fourth-order valence-corrected chi connectivity index (χ4v) is 11.0.